The Hall–Kier alpha value is -4.92. The molecule has 2 aromatic carbocycles. The number of hydrazone groups is 1. The monoisotopic (exact) mass is 693 g/mol. The van der Waals surface area contributed by atoms with Crippen LogP contribution in [0, 0.1) is 18.3 Å². The lowest BCUT2D eigenvalue weighted by molar-refractivity contribution is -0.130. The fourth-order valence-electron chi connectivity index (χ4n) is 7.60. The van der Waals surface area contributed by atoms with Gasteiger partial charge in [-0.25, -0.2) is 5.84 Å². The summed E-state index contributed by atoms with van der Waals surface area (Å²) in [6.07, 6.45) is 7.76. The minimum atomic E-state index is -0.959. The normalized spacial score (nSPS) is 19.9. The van der Waals surface area contributed by atoms with E-state index in [-0.39, 0.29) is 24.4 Å². The van der Waals surface area contributed by atoms with E-state index >= 15 is 0 Å². The Morgan fingerprint density at radius 1 is 1.16 bits per heavy atom. The molecule has 2 amide bonds. The molecular weight excluding hydrogens is 639 g/mol. The van der Waals surface area contributed by atoms with Crippen LogP contribution in [0.3, 0.4) is 0 Å². The Morgan fingerprint density at radius 3 is 2.53 bits per heavy atom. The molecule has 2 aliphatic rings. The first-order valence-corrected chi connectivity index (χ1v) is 17.9. The standard InChI is InChI=1S/C40H55N9O2/c1-7-30(28(4)44-5)21-31-15-16-32-22-33(38(51)45-6)17-19-36(32)40(27(31)3,39(47-42)48-43)23-34(18-14-29-12-10-26(2)11-13-29)46-25-37(50)49-20-8-9-35(49)24-41/h10-13,17,19,21-22,34-35,44,46H,4,7-9,14-16,18,20,23,25,42-43H2,1-3,5-6H3,(H,45,51)(H,47,48)/b30-21+. The molecule has 1 aliphatic heterocycles. The molecule has 3 atom stereocenters. The molecule has 0 bridgehead atoms. The molecule has 11 nitrogen and oxygen atoms in total. The van der Waals surface area contributed by atoms with Crippen molar-refractivity contribution < 1.29 is 9.59 Å². The summed E-state index contributed by atoms with van der Waals surface area (Å²) >= 11 is 0. The van der Waals surface area contributed by atoms with Crippen LogP contribution < -0.4 is 33.1 Å². The van der Waals surface area contributed by atoms with E-state index in [1.165, 1.54) is 11.1 Å². The molecule has 51 heavy (non-hydrogen) atoms. The zero-order valence-electron chi connectivity index (χ0n) is 30.9. The molecule has 1 fully saturated rings. The molecule has 1 aliphatic carbocycles. The summed E-state index contributed by atoms with van der Waals surface area (Å²) < 4.78 is 0. The minimum absolute atomic E-state index is 0.0813. The number of fused-ring (bicyclic) bond motifs is 1. The number of nitrogens with one attached hydrogen (secondary N) is 4. The average Bonchev–Trinajstić information content (AvgIpc) is 3.61. The number of carbonyl (C=O) groups is 2. The molecule has 0 radical (unpaired) electrons. The van der Waals surface area contributed by atoms with Gasteiger partial charge in [-0.3, -0.25) is 9.59 Å². The van der Waals surface area contributed by atoms with Gasteiger partial charge in [0.25, 0.3) is 5.91 Å². The van der Waals surface area contributed by atoms with Gasteiger partial charge in [0.1, 0.15) is 6.04 Å². The van der Waals surface area contributed by atoms with Crippen LogP contribution in [0.25, 0.3) is 0 Å². The first-order chi connectivity index (χ1) is 24.6. The van der Waals surface area contributed by atoms with Crippen molar-refractivity contribution in [1.82, 2.24) is 26.3 Å². The smallest absolute Gasteiger partial charge is 0.251 e. The number of aryl methyl sites for hydroxylation is 3. The number of hydrogen-bond acceptors (Lipinski definition) is 8. The van der Waals surface area contributed by atoms with Crippen LogP contribution in [-0.2, 0) is 23.1 Å². The van der Waals surface area contributed by atoms with Crippen molar-refractivity contribution in [2.24, 2.45) is 16.8 Å². The maximum absolute atomic E-state index is 13.6. The Bertz CT molecular complexity index is 1720. The van der Waals surface area contributed by atoms with Crippen LogP contribution in [0.4, 0.5) is 0 Å². The van der Waals surface area contributed by atoms with Gasteiger partial charge in [-0.2, -0.15) is 10.4 Å². The van der Waals surface area contributed by atoms with E-state index in [9.17, 15) is 14.9 Å². The van der Waals surface area contributed by atoms with Crippen molar-refractivity contribution in [2.45, 2.75) is 89.6 Å². The Kier molecular flexibility index (Phi) is 13.6. The van der Waals surface area contributed by atoms with E-state index in [1.807, 2.05) is 25.2 Å². The molecular formula is C40H55N9O2. The van der Waals surface area contributed by atoms with Crippen molar-refractivity contribution in [3.63, 3.8) is 0 Å². The number of benzene rings is 2. The van der Waals surface area contributed by atoms with E-state index in [2.05, 4.69) is 90.2 Å². The predicted molar refractivity (Wildman–Crippen MR) is 204 cm³/mol. The molecule has 1 heterocycles. The highest BCUT2D eigenvalue weighted by Crippen LogP contribution is 2.45. The lowest BCUT2D eigenvalue weighted by Crippen LogP contribution is -2.53. The number of likely N-dealkylation sites (N-methyl/N-ethyl adjacent to an activating group) is 1. The quantitative estimate of drug-likeness (QED) is 0.0563. The second-order valence-corrected chi connectivity index (χ2v) is 13.6. The summed E-state index contributed by atoms with van der Waals surface area (Å²) in [5.74, 6) is 12.6. The van der Waals surface area contributed by atoms with Gasteiger partial charge in [0.15, 0.2) is 5.84 Å². The molecule has 272 valence electrons. The topological polar surface area (TPSA) is 174 Å². The summed E-state index contributed by atoms with van der Waals surface area (Å²) in [4.78, 5) is 28.1. The maximum atomic E-state index is 13.6. The Labute approximate surface area is 303 Å². The van der Waals surface area contributed by atoms with Crippen LogP contribution in [0.1, 0.15) is 85.0 Å². The van der Waals surface area contributed by atoms with Crippen molar-refractivity contribution in [2.75, 3.05) is 27.2 Å². The number of hydrazine groups is 1. The Balaban J connectivity index is 1.90. The average molecular weight is 694 g/mol. The number of nitrogens with zero attached hydrogens (tertiary/aromatic N) is 3. The van der Waals surface area contributed by atoms with Crippen LogP contribution >= 0.6 is 0 Å². The van der Waals surface area contributed by atoms with Gasteiger partial charge in [0, 0.05) is 37.9 Å². The molecule has 2 aromatic rings. The number of carbonyl (C=O) groups excluding carboxylic acids is 2. The summed E-state index contributed by atoms with van der Waals surface area (Å²) in [6, 6.07) is 15.9. The molecule has 3 unspecified atom stereocenters. The molecule has 0 spiro atoms. The van der Waals surface area contributed by atoms with Gasteiger partial charge in [-0.15, -0.1) is 0 Å². The number of amides is 2. The highest BCUT2D eigenvalue weighted by molar-refractivity contribution is 5.98. The summed E-state index contributed by atoms with van der Waals surface area (Å²) in [5, 5.41) is 23.5. The number of likely N-dealkylation sites (tertiary alicyclic amines) is 1. The summed E-state index contributed by atoms with van der Waals surface area (Å²) in [7, 11) is 3.49. The van der Waals surface area contributed by atoms with Crippen molar-refractivity contribution in [1.29, 1.82) is 5.26 Å². The highest BCUT2D eigenvalue weighted by Gasteiger charge is 2.45. The SMILES string of the molecule is C=C(NC)/C(=C/C1=C(C)C(CC(CCc2ccc(C)cc2)NCC(=O)N2CCCC2C#N)(/C(=N/N)NN)c2ccc(C(=O)NC)cc2CC1)CC. The van der Waals surface area contributed by atoms with Gasteiger partial charge >= 0.3 is 0 Å². The van der Waals surface area contributed by atoms with Crippen molar-refractivity contribution in [3.8, 4) is 6.07 Å². The zero-order valence-corrected chi connectivity index (χ0v) is 30.9. The first kappa shape index (κ1) is 38.9. The van der Waals surface area contributed by atoms with Crippen LogP contribution in [-0.4, -0.2) is 61.8 Å². The third-order valence-corrected chi connectivity index (χ3v) is 10.6. The van der Waals surface area contributed by atoms with Gasteiger partial charge < -0.3 is 32.1 Å². The van der Waals surface area contributed by atoms with Crippen molar-refractivity contribution >= 4 is 17.6 Å². The van der Waals surface area contributed by atoms with E-state index in [0.717, 1.165) is 52.8 Å². The maximum Gasteiger partial charge on any atom is 0.251 e. The molecule has 0 saturated carbocycles. The lowest BCUT2D eigenvalue weighted by atomic mass is 9.66. The second-order valence-electron chi connectivity index (χ2n) is 13.6. The summed E-state index contributed by atoms with van der Waals surface area (Å²) in [6.45, 7) is 11.2. The van der Waals surface area contributed by atoms with E-state index in [4.69, 9.17) is 11.7 Å². The van der Waals surface area contributed by atoms with Crippen molar-refractivity contribution in [3.05, 3.63) is 105 Å². The number of nitriles is 1. The minimum Gasteiger partial charge on any atom is -0.388 e. The fourth-order valence-corrected chi connectivity index (χ4v) is 7.60. The van der Waals surface area contributed by atoms with Crippen LogP contribution in [0.15, 0.2) is 82.6 Å². The zero-order chi connectivity index (χ0) is 37.1. The summed E-state index contributed by atoms with van der Waals surface area (Å²) in [5.41, 5.74) is 10.8. The molecule has 0 aromatic heterocycles. The van der Waals surface area contributed by atoms with E-state index in [1.54, 1.807) is 11.9 Å². The predicted octanol–water partition coefficient (Wildman–Crippen LogP) is 4.16. The first-order valence-electron chi connectivity index (χ1n) is 17.9. The fraction of sp³-hybridized carbons (Fsp3) is 0.450. The van der Waals surface area contributed by atoms with E-state index < -0.39 is 11.5 Å². The largest absolute Gasteiger partial charge is 0.388 e. The third kappa shape index (κ3) is 8.70. The third-order valence-electron chi connectivity index (χ3n) is 10.6. The van der Waals surface area contributed by atoms with Gasteiger partial charge in [-0.05, 0) is 105 Å². The van der Waals surface area contributed by atoms with E-state index in [0.29, 0.717) is 50.0 Å². The van der Waals surface area contributed by atoms with Gasteiger partial charge in [-0.1, -0.05) is 61.0 Å². The number of rotatable bonds is 14. The number of hydrogen-bond donors (Lipinski definition) is 6. The molecule has 4 rings (SSSR count). The second kappa shape index (κ2) is 17.8. The molecule has 1 saturated heterocycles. The number of nitrogens with two attached hydrogens (primary N) is 2. The van der Waals surface area contributed by atoms with Crippen LogP contribution in [0.5, 0.6) is 0 Å². The molecule has 8 N–H and O–H groups in total. The number of allylic oxidation sites excluding steroid dienone is 3. The Morgan fingerprint density at radius 2 is 1.90 bits per heavy atom. The molecule has 11 heteroatoms. The van der Waals surface area contributed by atoms with Gasteiger partial charge in [0.2, 0.25) is 5.91 Å². The number of amidine groups is 1. The van der Waals surface area contributed by atoms with Crippen LogP contribution in [0.2, 0.25) is 0 Å². The van der Waals surface area contributed by atoms with Gasteiger partial charge in [0.05, 0.1) is 18.0 Å². The lowest BCUT2D eigenvalue weighted by Gasteiger charge is -2.40. The highest BCUT2D eigenvalue weighted by atomic mass is 16.2.